The summed E-state index contributed by atoms with van der Waals surface area (Å²) in [6.45, 7) is 5.37. The number of hydrogen-bond donors (Lipinski definition) is 0. The number of aromatic nitrogens is 3. The molecule has 3 aromatic rings. The molecule has 2 aliphatic heterocycles. The smallest absolute Gasteiger partial charge is 0.241 e. The van der Waals surface area contributed by atoms with Gasteiger partial charge in [-0.05, 0) is 56.3 Å². The quantitative estimate of drug-likeness (QED) is 0.493. The Hall–Kier alpha value is -3.66. The van der Waals surface area contributed by atoms with Crippen LogP contribution in [0.4, 0.5) is 5.82 Å². The van der Waals surface area contributed by atoms with Gasteiger partial charge in [0, 0.05) is 43.9 Å². The highest BCUT2D eigenvalue weighted by atomic mass is 16.5. The van der Waals surface area contributed by atoms with Crippen molar-refractivity contribution in [3.8, 4) is 22.9 Å². The molecule has 1 aromatic carbocycles. The lowest BCUT2D eigenvalue weighted by Gasteiger charge is -2.38. The van der Waals surface area contributed by atoms with E-state index in [1.54, 1.807) is 14.2 Å². The number of amides is 1. The number of methoxy groups -OCH3 is 2. The summed E-state index contributed by atoms with van der Waals surface area (Å²) in [5.41, 5.74) is 0.801. The normalized spacial score (nSPS) is 17.3. The van der Waals surface area contributed by atoms with Gasteiger partial charge in [0.15, 0.2) is 11.5 Å². The molecule has 1 amide bonds. The van der Waals surface area contributed by atoms with Gasteiger partial charge in [-0.25, -0.2) is 4.98 Å². The summed E-state index contributed by atoms with van der Waals surface area (Å²) in [6.07, 6.45) is 3.50. The van der Waals surface area contributed by atoms with E-state index < -0.39 is 0 Å². The fourth-order valence-electron chi connectivity index (χ4n) is 4.90. The Bertz CT molecular complexity index is 1150. The molecule has 2 aromatic heterocycles. The zero-order valence-corrected chi connectivity index (χ0v) is 20.8. The molecule has 0 atom stereocenters. The average Bonchev–Trinajstić information content (AvgIpc) is 3.41. The molecule has 10 heteroatoms. The Kier molecular flexibility index (Phi) is 7.31. The highest BCUT2D eigenvalue weighted by Crippen LogP contribution is 2.31. The Labute approximate surface area is 210 Å². The van der Waals surface area contributed by atoms with Crippen molar-refractivity contribution in [3.05, 3.63) is 48.5 Å². The van der Waals surface area contributed by atoms with Crippen LogP contribution in [-0.2, 0) is 11.3 Å². The highest BCUT2D eigenvalue weighted by Gasteiger charge is 2.31. The molecule has 0 saturated carbocycles. The number of rotatable bonds is 7. The van der Waals surface area contributed by atoms with Crippen LogP contribution in [0.5, 0.6) is 11.5 Å². The summed E-state index contributed by atoms with van der Waals surface area (Å²) in [5, 5.41) is 4.14. The maximum absolute atomic E-state index is 13.1. The zero-order valence-electron chi connectivity index (χ0n) is 20.8. The molecule has 4 heterocycles. The van der Waals surface area contributed by atoms with E-state index in [2.05, 4.69) is 24.9 Å². The summed E-state index contributed by atoms with van der Waals surface area (Å²) in [7, 11) is 3.20. The van der Waals surface area contributed by atoms with Crippen LogP contribution in [-0.4, -0.2) is 84.3 Å². The summed E-state index contributed by atoms with van der Waals surface area (Å²) in [6, 6.07) is 11.5. The molecule has 0 N–H and O–H groups in total. The monoisotopic (exact) mass is 492 g/mol. The number of carbonyl (C=O) groups excluding carboxylic acids is 1. The Morgan fingerprint density at radius 2 is 1.78 bits per heavy atom. The van der Waals surface area contributed by atoms with Crippen LogP contribution in [0.1, 0.15) is 18.7 Å². The van der Waals surface area contributed by atoms with Crippen LogP contribution >= 0.6 is 0 Å². The minimum atomic E-state index is 0.0765. The molecule has 0 aliphatic carbocycles. The molecule has 2 fully saturated rings. The summed E-state index contributed by atoms with van der Waals surface area (Å²) < 4.78 is 16.2. The number of piperidine rings is 1. The number of hydrogen-bond acceptors (Lipinski definition) is 9. The SMILES string of the molecule is COc1ccc(-c2noc(CN3CCC(C(=O)N4CCN(c5ccccn5)CC4)CC3)n2)cc1OC. The van der Waals surface area contributed by atoms with Gasteiger partial charge in [-0.3, -0.25) is 9.69 Å². The Balaban J connectivity index is 1.10. The number of likely N-dealkylation sites (tertiary alicyclic amines) is 1. The third-order valence-electron chi connectivity index (χ3n) is 6.97. The minimum Gasteiger partial charge on any atom is -0.493 e. The van der Waals surface area contributed by atoms with Crippen LogP contribution in [0.25, 0.3) is 11.4 Å². The van der Waals surface area contributed by atoms with E-state index in [0.717, 1.165) is 63.5 Å². The van der Waals surface area contributed by atoms with Crippen LogP contribution in [0, 0.1) is 5.92 Å². The van der Waals surface area contributed by atoms with Crippen LogP contribution in [0.15, 0.2) is 47.1 Å². The van der Waals surface area contributed by atoms with E-state index in [1.807, 2.05) is 47.5 Å². The molecule has 0 radical (unpaired) electrons. The molecule has 0 unspecified atom stereocenters. The lowest BCUT2D eigenvalue weighted by Crippen LogP contribution is -2.51. The van der Waals surface area contributed by atoms with E-state index in [1.165, 1.54) is 0 Å². The van der Waals surface area contributed by atoms with E-state index in [0.29, 0.717) is 29.8 Å². The third-order valence-corrected chi connectivity index (χ3v) is 6.97. The topological polar surface area (TPSA) is 97.1 Å². The van der Waals surface area contributed by atoms with Gasteiger partial charge in [0.05, 0.1) is 20.8 Å². The predicted octanol–water partition coefficient (Wildman–Crippen LogP) is 2.71. The molecule has 190 valence electrons. The fraction of sp³-hybridized carbons (Fsp3) is 0.462. The van der Waals surface area contributed by atoms with Crippen LogP contribution < -0.4 is 14.4 Å². The van der Waals surface area contributed by atoms with Gasteiger partial charge in [-0.1, -0.05) is 11.2 Å². The first-order valence-corrected chi connectivity index (χ1v) is 12.4. The lowest BCUT2D eigenvalue weighted by molar-refractivity contribution is -0.137. The van der Waals surface area contributed by atoms with Gasteiger partial charge in [-0.2, -0.15) is 4.98 Å². The number of piperazine rings is 1. The molecule has 2 aliphatic rings. The maximum atomic E-state index is 13.1. The zero-order chi connectivity index (χ0) is 24.9. The number of carbonyl (C=O) groups is 1. The van der Waals surface area contributed by atoms with E-state index >= 15 is 0 Å². The van der Waals surface area contributed by atoms with Crippen molar-refractivity contribution in [1.82, 2.24) is 24.9 Å². The molecule has 5 rings (SSSR count). The molecule has 10 nitrogen and oxygen atoms in total. The summed E-state index contributed by atoms with van der Waals surface area (Å²) in [4.78, 5) is 28.7. The third kappa shape index (κ3) is 5.28. The van der Waals surface area contributed by atoms with Crippen molar-refractivity contribution >= 4 is 11.7 Å². The fourth-order valence-corrected chi connectivity index (χ4v) is 4.90. The second kappa shape index (κ2) is 10.9. The average molecular weight is 493 g/mol. The van der Waals surface area contributed by atoms with Crippen molar-refractivity contribution in [2.24, 2.45) is 5.92 Å². The molecule has 36 heavy (non-hydrogen) atoms. The number of pyridine rings is 1. The number of anilines is 1. The second-order valence-corrected chi connectivity index (χ2v) is 9.13. The second-order valence-electron chi connectivity index (χ2n) is 9.13. The van der Waals surface area contributed by atoms with Gasteiger partial charge in [0.1, 0.15) is 5.82 Å². The van der Waals surface area contributed by atoms with Crippen molar-refractivity contribution in [1.29, 1.82) is 0 Å². The maximum Gasteiger partial charge on any atom is 0.241 e. The number of ether oxygens (including phenoxy) is 2. The first-order valence-electron chi connectivity index (χ1n) is 12.4. The molecule has 0 bridgehead atoms. The van der Waals surface area contributed by atoms with Gasteiger partial charge in [-0.15, -0.1) is 0 Å². The van der Waals surface area contributed by atoms with E-state index in [-0.39, 0.29) is 11.8 Å². The van der Waals surface area contributed by atoms with Crippen molar-refractivity contribution in [2.75, 3.05) is 58.4 Å². The van der Waals surface area contributed by atoms with Crippen molar-refractivity contribution in [2.45, 2.75) is 19.4 Å². The Morgan fingerprint density at radius 3 is 2.47 bits per heavy atom. The van der Waals surface area contributed by atoms with Gasteiger partial charge >= 0.3 is 0 Å². The molecule has 0 spiro atoms. The van der Waals surface area contributed by atoms with Crippen LogP contribution in [0.2, 0.25) is 0 Å². The predicted molar refractivity (Wildman–Crippen MR) is 134 cm³/mol. The number of nitrogens with zero attached hydrogens (tertiary/aromatic N) is 6. The lowest BCUT2D eigenvalue weighted by atomic mass is 9.95. The van der Waals surface area contributed by atoms with Crippen molar-refractivity contribution in [3.63, 3.8) is 0 Å². The van der Waals surface area contributed by atoms with Gasteiger partial charge in [0.25, 0.3) is 0 Å². The summed E-state index contributed by atoms with van der Waals surface area (Å²) >= 11 is 0. The standard InChI is InChI=1S/C26H32N6O4/c1-34-21-7-6-20(17-22(21)35-2)25-28-24(36-29-25)18-30-11-8-19(9-12-30)26(33)32-15-13-31(14-16-32)23-5-3-4-10-27-23/h3-7,10,17,19H,8-9,11-16,18H2,1-2H3. The Morgan fingerprint density at radius 1 is 1.00 bits per heavy atom. The number of benzene rings is 1. The molecular weight excluding hydrogens is 460 g/mol. The van der Waals surface area contributed by atoms with Gasteiger partial charge in [0.2, 0.25) is 17.6 Å². The first-order chi connectivity index (χ1) is 17.6. The molecular formula is C26H32N6O4. The largest absolute Gasteiger partial charge is 0.493 e. The highest BCUT2D eigenvalue weighted by molar-refractivity contribution is 5.79. The first kappa shape index (κ1) is 24.1. The van der Waals surface area contributed by atoms with Crippen LogP contribution in [0.3, 0.4) is 0 Å². The molecule has 2 saturated heterocycles. The minimum absolute atomic E-state index is 0.0765. The van der Waals surface area contributed by atoms with E-state index in [4.69, 9.17) is 14.0 Å². The van der Waals surface area contributed by atoms with Crippen molar-refractivity contribution < 1.29 is 18.8 Å². The van der Waals surface area contributed by atoms with Gasteiger partial charge < -0.3 is 23.8 Å². The van der Waals surface area contributed by atoms with E-state index in [9.17, 15) is 4.79 Å². The summed E-state index contributed by atoms with van der Waals surface area (Å²) in [5.74, 6) is 3.68.